The second-order valence-corrected chi connectivity index (χ2v) is 4.19. The number of hydrogen-bond acceptors (Lipinski definition) is 4. The van der Waals surface area contributed by atoms with Crippen LogP contribution in [0.15, 0.2) is 0 Å². The predicted octanol–water partition coefficient (Wildman–Crippen LogP) is 0.359. The van der Waals surface area contributed by atoms with Crippen molar-refractivity contribution in [3.63, 3.8) is 0 Å². The molecule has 0 rings (SSSR count). The Labute approximate surface area is 108 Å². The van der Waals surface area contributed by atoms with Crippen molar-refractivity contribution in [1.29, 1.82) is 0 Å². The fraction of sp³-hybridized carbons (Fsp3) is 0.833. The molecule has 6 nitrogen and oxygen atoms in total. The Morgan fingerprint density at radius 3 is 2.67 bits per heavy atom. The first-order chi connectivity index (χ1) is 8.60. The number of nitrogens with one attached hydrogen (secondary N) is 1. The lowest BCUT2D eigenvalue weighted by atomic mass is 9.97. The van der Waals surface area contributed by atoms with Crippen LogP contribution in [-0.2, 0) is 14.3 Å². The summed E-state index contributed by atoms with van der Waals surface area (Å²) in [5.41, 5.74) is 5.23. The maximum Gasteiger partial charge on any atom is 0.303 e. The van der Waals surface area contributed by atoms with E-state index >= 15 is 0 Å². The van der Waals surface area contributed by atoms with E-state index in [2.05, 4.69) is 5.32 Å². The van der Waals surface area contributed by atoms with E-state index in [1.807, 2.05) is 6.92 Å². The molecule has 0 bridgehead atoms. The van der Waals surface area contributed by atoms with Gasteiger partial charge in [0, 0.05) is 19.5 Å². The molecule has 0 saturated carbocycles. The molecule has 0 aliphatic carbocycles. The molecule has 6 heteroatoms. The van der Waals surface area contributed by atoms with Crippen molar-refractivity contribution in [2.24, 2.45) is 11.7 Å². The van der Waals surface area contributed by atoms with E-state index in [-0.39, 0.29) is 18.9 Å². The van der Waals surface area contributed by atoms with Gasteiger partial charge in [0.2, 0.25) is 5.91 Å². The Hall–Kier alpha value is -1.14. The van der Waals surface area contributed by atoms with E-state index < -0.39 is 5.97 Å². The summed E-state index contributed by atoms with van der Waals surface area (Å²) < 4.78 is 4.99. The Bertz CT molecular complexity index is 246. The number of carboxylic acids is 1. The molecule has 4 N–H and O–H groups in total. The third-order valence-corrected chi connectivity index (χ3v) is 2.71. The van der Waals surface area contributed by atoms with E-state index in [0.717, 1.165) is 12.8 Å². The van der Waals surface area contributed by atoms with Gasteiger partial charge in [-0.1, -0.05) is 13.3 Å². The highest BCUT2D eigenvalue weighted by molar-refractivity contribution is 5.77. The molecule has 106 valence electrons. The van der Waals surface area contributed by atoms with Gasteiger partial charge in [-0.05, 0) is 18.8 Å². The molecule has 0 aromatic carbocycles. The smallest absolute Gasteiger partial charge is 0.303 e. The number of nitrogens with two attached hydrogens (primary N) is 1. The molecule has 0 saturated heterocycles. The molecule has 1 unspecified atom stereocenters. The fourth-order valence-corrected chi connectivity index (χ4v) is 1.60. The molecule has 1 amide bonds. The Morgan fingerprint density at radius 2 is 2.11 bits per heavy atom. The molecule has 0 spiro atoms. The summed E-state index contributed by atoms with van der Waals surface area (Å²) in [6.07, 6.45) is 2.57. The summed E-state index contributed by atoms with van der Waals surface area (Å²) in [6.45, 7) is 3.40. The minimum absolute atomic E-state index is 0.0309. The van der Waals surface area contributed by atoms with Gasteiger partial charge in [0.25, 0.3) is 0 Å². The summed E-state index contributed by atoms with van der Waals surface area (Å²) in [5, 5.41) is 11.3. The van der Waals surface area contributed by atoms with Gasteiger partial charge in [-0.2, -0.15) is 0 Å². The zero-order valence-corrected chi connectivity index (χ0v) is 11.0. The lowest BCUT2D eigenvalue weighted by Gasteiger charge is -2.14. The third kappa shape index (κ3) is 10.0. The zero-order chi connectivity index (χ0) is 13.8. The van der Waals surface area contributed by atoms with Gasteiger partial charge in [0.15, 0.2) is 0 Å². The highest BCUT2D eigenvalue weighted by Gasteiger charge is 2.09. The summed E-state index contributed by atoms with van der Waals surface area (Å²) in [7, 11) is 0. The maximum absolute atomic E-state index is 11.3. The predicted molar refractivity (Wildman–Crippen MR) is 68.2 cm³/mol. The minimum atomic E-state index is -0.771. The van der Waals surface area contributed by atoms with Crippen LogP contribution in [0.4, 0.5) is 0 Å². The van der Waals surface area contributed by atoms with Crippen molar-refractivity contribution in [3.05, 3.63) is 0 Å². The van der Waals surface area contributed by atoms with Gasteiger partial charge >= 0.3 is 5.97 Å². The second-order valence-electron chi connectivity index (χ2n) is 4.19. The molecule has 1 atom stereocenters. The number of carbonyl (C=O) groups is 2. The second kappa shape index (κ2) is 11.0. The SMILES string of the molecule is CCC(CCNC(=O)COCCN)CCC(=O)O. The van der Waals surface area contributed by atoms with Gasteiger partial charge in [-0.3, -0.25) is 9.59 Å². The lowest BCUT2D eigenvalue weighted by Crippen LogP contribution is -2.30. The summed E-state index contributed by atoms with van der Waals surface area (Å²) in [5.74, 6) is -0.587. The molecule has 18 heavy (non-hydrogen) atoms. The number of hydrogen-bond donors (Lipinski definition) is 3. The van der Waals surface area contributed by atoms with E-state index in [1.165, 1.54) is 0 Å². The normalized spacial score (nSPS) is 12.1. The van der Waals surface area contributed by atoms with Crippen LogP contribution < -0.4 is 11.1 Å². The number of amides is 1. The van der Waals surface area contributed by atoms with Crippen LogP contribution in [0.1, 0.15) is 32.6 Å². The number of rotatable bonds is 11. The Morgan fingerprint density at radius 1 is 1.39 bits per heavy atom. The quantitative estimate of drug-likeness (QED) is 0.465. The zero-order valence-electron chi connectivity index (χ0n) is 11.0. The van der Waals surface area contributed by atoms with Crippen LogP contribution in [-0.4, -0.2) is 43.3 Å². The molecule has 0 aliphatic heterocycles. The van der Waals surface area contributed by atoms with Gasteiger partial charge in [0.05, 0.1) is 6.61 Å². The average Bonchev–Trinajstić information content (AvgIpc) is 2.33. The van der Waals surface area contributed by atoms with E-state index in [9.17, 15) is 9.59 Å². The van der Waals surface area contributed by atoms with Crippen LogP contribution in [0.3, 0.4) is 0 Å². The largest absolute Gasteiger partial charge is 0.481 e. The fourth-order valence-electron chi connectivity index (χ4n) is 1.60. The first-order valence-corrected chi connectivity index (χ1v) is 6.36. The van der Waals surface area contributed by atoms with Crippen LogP contribution in [0.25, 0.3) is 0 Å². The first-order valence-electron chi connectivity index (χ1n) is 6.36. The van der Waals surface area contributed by atoms with Gasteiger partial charge in [-0.25, -0.2) is 0 Å². The number of carbonyl (C=O) groups excluding carboxylic acids is 1. The maximum atomic E-state index is 11.3. The topological polar surface area (TPSA) is 102 Å². The highest BCUT2D eigenvalue weighted by Crippen LogP contribution is 2.14. The molecule has 0 fully saturated rings. The summed E-state index contributed by atoms with van der Waals surface area (Å²) in [6, 6.07) is 0. The summed E-state index contributed by atoms with van der Waals surface area (Å²) >= 11 is 0. The van der Waals surface area contributed by atoms with Gasteiger partial charge in [-0.15, -0.1) is 0 Å². The molecule has 0 radical (unpaired) electrons. The molecular formula is C12H24N2O4. The van der Waals surface area contributed by atoms with Crippen LogP contribution >= 0.6 is 0 Å². The lowest BCUT2D eigenvalue weighted by molar-refractivity contribution is -0.137. The van der Waals surface area contributed by atoms with Crippen molar-refractivity contribution in [2.45, 2.75) is 32.6 Å². The molecule has 0 aromatic rings. The third-order valence-electron chi connectivity index (χ3n) is 2.71. The average molecular weight is 260 g/mol. The number of ether oxygens (including phenoxy) is 1. The minimum Gasteiger partial charge on any atom is -0.481 e. The molecule has 0 aromatic heterocycles. The van der Waals surface area contributed by atoms with E-state index in [0.29, 0.717) is 32.0 Å². The van der Waals surface area contributed by atoms with Gasteiger partial charge in [0.1, 0.15) is 6.61 Å². The Balaban J connectivity index is 3.59. The Kier molecular flexibility index (Phi) is 10.3. The van der Waals surface area contributed by atoms with Crippen LogP contribution in [0.2, 0.25) is 0 Å². The number of carboxylic acid groups (broad SMARTS) is 1. The van der Waals surface area contributed by atoms with Crippen molar-refractivity contribution >= 4 is 11.9 Å². The molecular weight excluding hydrogens is 236 g/mol. The highest BCUT2D eigenvalue weighted by atomic mass is 16.5. The number of aliphatic carboxylic acids is 1. The monoisotopic (exact) mass is 260 g/mol. The molecule has 0 aliphatic rings. The van der Waals surface area contributed by atoms with Gasteiger partial charge < -0.3 is 20.9 Å². The van der Waals surface area contributed by atoms with Crippen molar-refractivity contribution in [1.82, 2.24) is 5.32 Å². The first kappa shape index (κ1) is 16.9. The van der Waals surface area contributed by atoms with Crippen molar-refractivity contribution in [2.75, 3.05) is 26.3 Å². The van der Waals surface area contributed by atoms with E-state index in [1.54, 1.807) is 0 Å². The van der Waals surface area contributed by atoms with Crippen molar-refractivity contribution < 1.29 is 19.4 Å². The van der Waals surface area contributed by atoms with E-state index in [4.69, 9.17) is 15.6 Å². The standard InChI is InChI=1S/C12H24N2O4/c1-2-10(3-4-12(16)17)5-7-14-11(15)9-18-8-6-13/h10H,2-9,13H2,1H3,(H,14,15)(H,16,17). The van der Waals surface area contributed by atoms with Crippen molar-refractivity contribution in [3.8, 4) is 0 Å². The summed E-state index contributed by atoms with van der Waals surface area (Å²) in [4.78, 5) is 21.7. The molecule has 0 heterocycles. The van der Waals surface area contributed by atoms with Crippen LogP contribution in [0.5, 0.6) is 0 Å². The van der Waals surface area contributed by atoms with Crippen LogP contribution in [0, 0.1) is 5.92 Å².